The Kier molecular flexibility index (Phi) is 4.48. The van der Waals surface area contributed by atoms with Gasteiger partial charge in [0.2, 0.25) is 0 Å². The lowest BCUT2D eigenvalue weighted by Gasteiger charge is -2.22. The number of allylic oxidation sites excluding steroid dienone is 2. The van der Waals surface area contributed by atoms with Crippen LogP contribution in [0.1, 0.15) is 37.8 Å². The second kappa shape index (κ2) is 6.10. The van der Waals surface area contributed by atoms with Gasteiger partial charge in [0.15, 0.2) is 0 Å². The van der Waals surface area contributed by atoms with Gasteiger partial charge in [0, 0.05) is 11.6 Å². The summed E-state index contributed by atoms with van der Waals surface area (Å²) in [5.74, 6) is -0.130. The van der Waals surface area contributed by atoms with Crippen LogP contribution in [-0.2, 0) is 0 Å². The van der Waals surface area contributed by atoms with E-state index in [2.05, 4.69) is 17.5 Å². The maximum atomic E-state index is 13.6. The van der Waals surface area contributed by atoms with E-state index >= 15 is 0 Å². The van der Waals surface area contributed by atoms with E-state index in [1.54, 1.807) is 0 Å². The van der Waals surface area contributed by atoms with E-state index in [1.165, 1.54) is 18.6 Å². The Hall–Kier alpha value is -1.22. The van der Waals surface area contributed by atoms with Crippen LogP contribution in [0.2, 0.25) is 0 Å². The zero-order valence-corrected chi connectivity index (χ0v) is 10.6. The highest BCUT2D eigenvalue weighted by Gasteiger charge is 2.14. The van der Waals surface area contributed by atoms with Crippen molar-refractivity contribution >= 4 is 0 Å². The molecule has 1 aromatic rings. The molecule has 1 aromatic carbocycles. The molecule has 18 heavy (non-hydrogen) atoms. The Bertz CT molecular complexity index is 429. The number of rotatable bonds is 4. The molecule has 2 unspecified atom stereocenters. The summed E-state index contributed by atoms with van der Waals surface area (Å²) >= 11 is 0. The topological polar surface area (TPSA) is 12.0 Å². The molecule has 0 amide bonds. The van der Waals surface area contributed by atoms with Crippen LogP contribution in [0, 0.1) is 17.6 Å². The number of nitrogens with one attached hydrogen (secondary N) is 1. The predicted octanol–water partition coefficient (Wildman–Crippen LogP) is 3.97. The molecular weight excluding hydrogens is 232 g/mol. The van der Waals surface area contributed by atoms with E-state index in [0.29, 0.717) is 11.5 Å². The normalized spacial score (nSPS) is 20.9. The van der Waals surface area contributed by atoms with Gasteiger partial charge in [-0.05, 0) is 56.8 Å². The summed E-state index contributed by atoms with van der Waals surface area (Å²) in [7, 11) is 0. The highest BCUT2D eigenvalue weighted by atomic mass is 19.1. The van der Waals surface area contributed by atoms with Crippen molar-refractivity contribution in [2.24, 2.45) is 5.92 Å². The summed E-state index contributed by atoms with van der Waals surface area (Å²) in [5, 5.41) is 3.30. The van der Waals surface area contributed by atoms with Crippen LogP contribution in [0.3, 0.4) is 0 Å². The van der Waals surface area contributed by atoms with Crippen molar-refractivity contribution in [3.8, 4) is 0 Å². The van der Waals surface area contributed by atoms with Gasteiger partial charge in [0.1, 0.15) is 11.6 Å². The van der Waals surface area contributed by atoms with Crippen LogP contribution >= 0.6 is 0 Å². The fourth-order valence-corrected chi connectivity index (χ4v) is 2.34. The van der Waals surface area contributed by atoms with Gasteiger partial charge in [-0.1, -0.05) is 12.2 Å². The minimum Gasteiger partial charge on any atom is -0.310 e. The van der Waals surface area contributed by atoms with Gasteiger partial charge in [-0.25, -0.2) is 8.78 Å². The Labute approximate surface area is 107 Å². The third kappa shape index (κ3) is 3.39. The molecular formula is C15H19F2N. The summed E-state index contributed by atoms with van der Waals surface area (Å²) < 4.78 is 26.7. The van der Waals surface area contributed by atoms with Crippen molar-refractivity contribution in [3.05, 3.63) is 47.5 Å². The third-order valence-electron chi connectivity index (χ3n) is 3.51. The van der Waals surface area contributed by atoms with Gasteiger partial charge in [0.05, 0.1) is 0 Å². The molecule has 1 aliphatic rings. The van der Waals surface area contributed by atoms with E-state index < -0.39 is 0 Å². The monoisotopic (exact) mass is 251 g/mol. The molecule has 0 fully saturated rings. The van der Waals surface area contributed by atoms with Crippen molar-refractivity contribution in [1.82, 2.24) is 5.32 Å². The fourth-order valence-electron chi connectivity index (χ4n) is 2.34. The number of hydrogen-bond donors (Lipinski definition) is 1. The molecule has 98 valence electrons. The molecule has 0 aromatic heterocycles. The molecule has 1 N–H and O–H groups in total. The Morgan fingerprint density at radius 1 is 1.33 bits per heavy atom. The summed E-state index contributed by atoms with van der Waals surface area (Å²) in [6.45, 7) is 2.72. The molecule has 2 rings (SSSR count). The van der Waals surface area contributed by atoms with Crippen molar-refractivity contribution in [3.63, 3.8) is 0 Å². The maximum absolute atomic E-state index is 13.6. The molecule has 0 spiro atoms. The molecule has 3 heteroatoms. The van der Waals surface area contributed by atoms with E-state index in [1.807, 2.05) is 6.92 Å². The fraction of sp³-hybridized carbons (Fsp3) is 0.467. The van der Waals surface area contributed by atoms with E-state index in [-0.39, 0.29) is 17.7 Å². The molecule has 1 nitrogen and oxygen atoms in total. The number of halogens is 2. The second-order valence-corrected chi connectivity index (χ2v) is 4.95. The lowest BCUT2D eigenvalue weighted by atomic mass is 9.94. The van der Waals surface area contributed by atoms with Crippen LogP contribution in [0.4, 0.5) is 8.78 Å². The van der Waals surface area contributed by atoms with E-state index in [4.69, 9.17) is 0 Å². The van der Waals surface area contributed by atoms with Crippen molar-refractivity contribution in [1.29, 1.82) is 0 Å². The van der Waals surface area contributed by atoms with Crippen LogP contribution in [0.15, 0.2) is 30.4 Å². The van der Waals surface area contributed by atoms with Gasteiger partial charge in [-0.2, -0.15) is 0 Å². The predicted molar refractivity (Wildman–Crippen MR) is 69.3 cm³/mol. The van der Waals surface area contributed by atoms with Gasteiger partial charge >= 0.3 is 0 Å². The highest BCUT2D eigenvalue weighted by molar-refractivity contribution is 5.21. The largest absolute Gasteiger partial charge is 0.310 e. The first-order chi connectivity index (χ1) is 8.66. The second-order valence-electron chi connectivity index (χ2n) is 4.95. The Morgan fingerprint density at radius 2 is 2.17 bits per heavy atom. The van der Waals surface area contributed by atoms with Crippen LogP contribution in [0.5, 0.6) is 0 Å². The standard InChI is InChI=1S/C15H19F2N/c1-11(14-9-13(16)7-8-15(14)17)18-10-12-5-3-2-4-6-12/h2-3,7-9,11-12,18H,4-6,10H2,1H3. The zero-order valence-electron chi connectivity index (χ0n) is 10.6. The highest BCUT2D eigenvalue weighted by Crippen LogP contribution is 2.21. The summed E-state index contributed by atoms with van der Waals surface area (Å²) in [4.78, 5) is 0. The lowest BCUT2D eigenvalue weighted by molar-refractivity contribution is 0.409. The minimum absolute atomic E-state index is 0.161. The van der Waals surface area contributed by atoms with Crippen molar-refractivity contribution in [2.75, 3.05) is 6.54 Å². The first-order valence-corrected chi connectivity index (χ1v) is 6.50. The van der Waals surface area contributed by atoms with E-state index in [0.717, 1.165) is 25.5 Å². The molecule has 1 aliphatic carbocycles. The summed E-state index contributed by atoms with van der Waals surface area (Å²) in [6, 6.07) is 3.45. The molecule has 0 saturated carbocycles. The van der Waals surface area contributed by atoms with Gasteiger partial charge < -0.3 is 5.32 Å². The molecule has 0 bridgehead atoms. The van der Waals surface area contributed by atoms with Crippen LogP contribution in [0.25, 0.3) is 0 Å². The molecule has 0 aliphatic heterocycles. The van der Waals surface area contributed by atoms with E-state index in [9.17, 15) is 8.78 Å². The average Bonchev–Trinajstić information content (AvgIpc) is 2.40. The number of hydrogen-bond acceptors (Lipinski definition) is 1. The van der Waals surface area contributed by atoms with Gasteiger partial charge in [0.25, 0.3) is 0 Å². The van der Waals surface area contributed by atoms with Gasteiger partial charge in [-0.15, -0.1) is 0 Å². The molecule has 2 atom stereocenters. The Balaban J connectivity index is 1.92. The molecule has 0 saturated heterocycles. The van der Waals surface area contributed by atoms with Gasteiger partial charge in [-0.3, -0.25) is 0 Å². The zero-order chi connectivity index (χ0) is 13.0. The first-order valence-electron chi connectivity index (χ1n) is 6.50. The maximum Gasteiger partial charge on any atom is 0.128 e. The quantitative estimate of drug-likeness (QED) is 0.798. The third-order valence-corrected chi connectivity index (χ3v) is 3.51. The molecule has 0 radical (unpaired) electrons. The minimum atomic E-state index is -0.388. The Morgan fingerprint density at radius 3 is 2.89 bits per heavy atom. The smallest absolute Gasteiger partial charge is 0.128 e. The number of benzene rings is 1. The summed E-state index contributed by atoms with van der Waals surface area (Å²) in [6.07, 6.45) is 7.76. The SMILES string of the molecule is CC(NCC1CC=CCC1)c1cc(F)ccc1F. The van der Waals surface area contributed by atoms with Crippen LogP contribution in [-0.4, -0.2) is 6.54 Å². The average molecular weight is 251 g/mol. The van der Waals surface area contributed by atoms with Crippen molar-refractivity contribution in [2.45, 2.75) is 32.2 Å². The van der Waals surface area contributed by atoms with Crippen molar-refractivity contribution < 1.29 is 8.78 Å². The lowest BCUT2D eigenvalue weighted by Crippen LogP contribution is -2.27. The molecule has 0 heterocycles. The summed E-state index contributed by atoms with van der Waals surface area (Å²) in [5.41, 5.74) is 0.404. The first kappa shape index (κ1) is 13.2. The van der Waals surface area contributed by atoms with Crippen LogP contribution < -0.4 is 5.32 Å².